The number of likely N-dealkylation sites (tertiary alicyclic amines) is 1. The largest absolute Gasteiger partial charge is 0.375 e. The van der Waals surface area contributed by atoms with Gasteiger partial charge in [-0.25, -0.2) is 9.78 Å². The monoisotopic (exact) mass is 429 g/mol. The van der Waals surface area contributed by atoms with Gasteiger partial charge in [0.1, 0.15) is 5.82 Å². The Labute approximate surface area is 182 Å². The van der Waals surface area contributed by atoms with Gasteiger partial charge in [-0.15, -0.1) is 11.3 Å². The third kappa shape index (κ3) is 5.50. The maximum atomic E-state index is 12.4. The maximum Gasteiger partial charge on any atom is 0.315 e. The Bertz CT molecular complexity index is 792. The SMILES string of the molecule is CC1CN(c2ccc(CNC(=O)NCC(c3cccs3)N3CCCC3)cn2)CCO1. The van der Waals surface area contributed by atoms with Crippen molar-refractivity contribution in [3.63, 3.8) is 0 Å². The number of anilines is 1. The minimum absolute atomic E-state index is 0.137. The molecule has 2 aliphatic heterocycles. The Balaban J connectivity index is 1.25. The highest BCUT2D eigenvalue weighted by Crippen LogP contribution is 2.27. The molecule has 0 aliphatic carbocycles. The number of rotatable bonds is 7. The van der Waals surface area contributed by atoms with Gasteiger partial charge in [0.15, 0.2) is 0 Å². The number of morpholine rings is 1. The second kappa shape index (κ2) is 10.2. The van der Waals surface area contributed by atoms with Crippen LogP contribution in [0.3, 0.4) is 0 Å². The van der Waals surface area contributed by atoms with E-state index in [0.29, 0.717) is 13.1 Å². The first-order chi connectivity index (χ1) is 14.7. The Kier molecular flexibility index (Phi) is 7.20. The van der Waals surface area contributed by atoms with E-state index in [1.54, 1.807) is 11.3 Å². The fourth-order valence-corrected chi connectivity index (χ4v) is 4.97. The predicted octanol–water partition coefficient (Wildman–Crippen LogP) is 3.00. The summed E-state index contributed by atoms with van der Waals surface area (Å²) in [6.07, 6.45) is 4.54. The molecule has 0 bridgehead atoms. The Morgan fingerprint density at radius 3 is 2.83 bits per heavy atom. The van der Waals surface area contributed by atoms with Crippen molar-refractivity contribution >= 4 is 23.2 Å². The highest BCUT2D eigenvalue weighted by Gasteiger charge is 2.24. The lowest BCUT2D eigenvalue weighted by molar-refractivity contribution is 0.0529. The molecule has 2 unspecified atom stereocenters. The summed E-state index contributed by atoms with van der Waals surface area (Å²) in [5.41, 5.74) is 0.990. The number of carbonyl (C=O) groups is 1. The van der Waals surface area contributed by atoms with E-state index in [0.717, 1.165) is 44.2 Å². The molecule has 2 aliphatic rings. The highest BCUT2D eigenvalue weighted by atomic mass is 32.1. The smallest absolute Gasteiger partial charge is 0.315 e. The predicted molar refractivity (Wildman–Crippen MR) is 120 cm³/mol. The van der Waals surface area contributed by atoms with E-state index >= 15 is 0 Å². The molecule has 4 heterocycles. The van der Waals surface area contributed by atoms with Gasteiger partial charge in [0.25, 0.3) is 0 Å². The molecule has 2 aromatic rings. The van der Waals surface area contributed by atoms with Crippen molar-refractivity contribution < 1.29 is 9.53 Å². The van der Waals surface area contributed by atoms with Crippen molar-refractivity contribution in [2.45, 2.75) is 38.5 Å². The quantitative estimate of drug-likeness (QED) is 0.708. The van der Waals surface area contributed by atoms with Crippen LogP contribution >= 0.6 is 11.3 Å². The lowest BCUT2D eigenvalue weighted by Gasteiger charge is -2.32. The second-order valence-corrected chi connectivity index (χ2v) is 8.97. The number of aromatic nitrogens is 1. The van der Waals surface area contributed by atoms with E-state index < -0.39 is 0 Å². The van der Waals surface area contributed by atoms with Crippen molar-refractivity contribution in [3.8, 4) is 0 Å². The maximum absolute atomic E-state index is 12.4. The van der Waals surface area contributed by atoms with Crippen LogP contribution in [0.25, 0.3) is 0 Å². The molecule has 2 aromatic heterocycles. The first kappa shape index (κ1) is 21.1. The number of amides is 2. The summed E-state index contributed by atoms with van der Waals surface area (Å²) in [6, 6.07) is 8.42. The van der Waals surface area contributed by atoms with Crippen molar-refractivity contribution in [2.24, 2.45) is 0 Å². The van der Waals surface area contributed by atoms with E-state index in [2.05, 4.69) is 49.9 Å². The minimum atomic E-state index is -0.137. The molecule has 2 saturated heterocycles. The zero-order valence-electron chi connectivity index (χ0n) is 17.5. The fraction of sp³-hybridized carbons (Fsp3) is 0.545. The lowest BCUT2D eigenvalue weighted by atomic mass is 10.2. The van der Waals surface area contributed by atoms with Gasteiger partial charge in [-0.05, 0) is 55.9 Å². The van der Waals surface area contributed by atoms with Crippen LogP contribution in [-0.2, 0) is 11.3 Å². The fourth-order valence-electron chi connectivity index (χ4n) is 4.11. The van der Waals surface area contributed by atoms with Gasteiger partial charge < -0.3 is 20.3 Å². The number of ether oxygens (including phenoxy) is 1. The average molecular weight is 430 g/mol. The average Bonchev–Trinajstić information content (AvgIpc) is 3.48. The van der Waals surface area contributed by atoms with Crippen LogP contribution in [-0.4, -0.2) is 61.3 Å². The molecule has 2 fully saturated rings. The first-order valence-corrected chi connectivity index (χ1v) is 11.7. The van der Waals surface area contributed by atoms with Crippen LogP contribution in [0.5, 0.6) is 0 Å². The summed E-state index contributed by atoms with van der Waals surface area (Å²) in [4.78, 5) is 23.0. The standard InChI is InChI=1S/C22H31N5O2S/c1-17-16-27(10-11-29-17)21-7-6-18(13-23-21)14-24-22(28)25-15-19(20-5-4-12-30-20)26-8-2-3-9-26/h4-7,12-13,17,19H,2-3,8-11,14-16H2,1H3,(H2,24,25,28). The van der Waals surface area contributed by atoms with E-state index in [1.807, 2.05) is 18.3 Å². The molecule has 0 spiro atoms. The third-order valence-electron chi connectivity index (χ3n) is 5.74. The van der Waals surface area contributed by atoms with Crippen molar-refractivity contribution in [1.82, 2.24) is 20.5 Å². The molecule has 2 atom stereocenters. The van der Waals surface area contributed by atoms with Crippen LogP contribution in [0.1, 0.15) is 36.2 Å². The Morgan fingerprint density at radius 1 is 1.27 bits per heavy atom. The molecule has 2 N–H and O–H groups in total. The van der Waals surface area contributed by atoms with Crippen LogP contribution in [0, 0.1) is 0 Å². The molecular formula is C22H31N5O2S. The number of pyridine rings is 1. The van der Waals surface area contributed by atoms with E-state index in [-0.39, 0.29) is 18.2 Å². The van der Waals surface area contributed by atoms with Gasteiger partial charge in [-0.3, -0.25) is 4.90 Å². The molecule has 8 heteroatoms. The summed E-state index contributed by atoms with van der Waals surface area (Å²) in [6.45, 7) is 7.82. The summed E-state index contributed by atoms with van der Waals surface area (Å²) in [7, 11) is 0. The molecule has 0 saturated carbocycles. The number of nitrogens with one attached hydrogen (secondary N) is 2. The van der Waals surface area contributed by atoms with Crippen LogP contribution < -0.4 is 15.5 Å². The van der Waals surface area contributed by atoms with Crippen LogP contribution in [0.2, 0.25) is 0 Å². The number of urea groups is 1. The molecule has 30 heavy (non-hydrogen) atoms. The van der Waals surface area contributed by atoms with Gasteiger partial charge >= 0.3 is 6.03 Å². The summed E-state index contributed by atoms with van der Waals surface area (Å²) in [5, 5.41) is 8.12. The van der Waals surface area contributed by atoms with Gasteiger partial charge in [0.05, 0.1) is 18.8 Å². The minimum Gasteiger partial charge on any atom is -0.375 e. The molecule has 0 radical (unpaired) electrons. The number of hydrogen-bond donors (Lipinski definition) is 2. The zero-order chi connectivity index (χ0) is 20.8. The van der Waals surface area contributed by atoms with Gasteiger partial charge in [-0.2, -0.15) is 0 Å². The first-order valence-electron chi connectivity index (χ1n) is 10.8. The van der Waals surface area contributed by atoms with Gasteiger partial charge in [-0.1, -0.05) is 12.1 Å². The number of hydrogen-bond acceptors (Lipinski definition) is 6. The molecule has 162 valence electrons. The highest BCUT2D eigenvalue weighted by molar-refractivity contribution is 7.10. The topological polar surface area (TPSA) is 69.7 Å². The number of carbonyl (C=O) groups excluding carboxylic acids is 1. The molecule has 2 amide bonds. The van der Waals surface area contributed by atoms with Crippen molar-refractivity contribution in [1.29, 1.82) is 0 Å². The van der Waals surface area contributed by atoms with E-state index in [9.17, 15) is 4.79 Å². The molecular weight excluding hydrogens is 398 g/mol. The van der Waals surface area contributed by atoms with Gasteiger partial charge in [0.2, 0.25) is 0 Å². The molecule has 7 nitrogen and oxygen atoms in total. The van der Waals surface area contributed by atoms with E-state index in [4.69, 9.17) is 4.74 Å². The zero-order valence-corrected chi connectivity index (χ0v) is 18.4. The van der Waals surface area contributed by atoms with Crippen molar-refractivity contribution in [2.75, 3.05) is 44.2 Å². The Morgan fingerprint density at radius 2 is 2.13 bits per heavy atom. The number of thiophene rings is 1. The van der Waals surface area contributed by atoms with Crippen LogP contribution in [0.15, 0.2) is 35.8 Å². The van der Waals surface area contributed by atoms with Crippen molar-refractivity contribution in [3.05, 3.63) is 46.3 Å². The van der Waals surface area contributed by atoms with E-state index in [1.165, 1.54) is 17.7 Å². The third-order valence-corrected chi connectivity index (χ3v) is 6.71. The van der Waals surface area contributed by atoms with Crippen LogP contribution in [0.4, 0.5) is 10.6 Å². The lowest BCUT2D eigenvalue weighted by Crippen LogP contribution is -2.41. The normalized spacial score (nSPS) is 20.8. The second-order valence-electron chi connectivity index (χ2n) is 7.99. The number of nitrogens with zero attached hydrogens (tertiary/aromatic N) is 3. The molecule has 4 rings (SSSR count). The molecule has 0 aromatic carbocycles. The summed E-state index contributed by atoms with van der Waals surface area (Å²) < 4.78 is 5.59. The summed E-state index contributed by atoms with van der Waals surface area (Å²) >= 11 is 1.76. The van der Waals surface area contributed by atoms with Gasteiger partial charge in [0, 0.05) is 37.3 Å². The summed E-state index contributed by atoms with van der Waals surface area (Å²) in [5.74, 6) is 0.961. The Hall–Kier alpha value is -2.16.